The summed E-state index contributed by atoms with van der Waals surface area (Å²) in [6.07, 6.45) is -2.94. The number of benzene rings is 1. The van der Waals surface area contributed by atoms with Crippen LogP contribution in [0.25, 0.3) is 0 Å². The van der Waals surface area contributed by atoms with Crippen molar-refractivity contribution in [2.75, 3.05) is 0 Å². The number of aliphatic carboxylic acids is 1. The van der Waals surface area contributed by atoms with Crippen LogP contribution in [0, 0.1) is 3.57 Å². The highest BCUT2D eigenvalue weighted by molar-refractivity contribution is 14.1. The molecular weight excluding hydrogens is 317 g/mol. The van der Waals surface area contributed by atoms with Gasteiger partial charge in [0.25, 0.3) is 6.43 Å². The molecule has 0 amide bonds. The molecule has 5 heteroatoms. The molecule has 1 unspecified atom stereocenters. The highest BCUT2D eigenvalue weighted by Gasteiger charge is 2.44. The van der Waals surface area contributed by atoms with Gasteiger partial charge in [-0.1, -0.05) is 12.1 Å². The molecule has 0 aromatic heterocycles. The molecule has 1 atom stereocenters. The van der Waals surface area contributed by atoms with Crippen LogP contribution in [0.1, 0.15) is 12.5 Å². The summed E-state index contributed by atoms with van der Waals surface area (Å²) in [6, 6.07) is 6.15. The largest absolute Gasteiger partial charge is 0.480 e. The molecule has 0 heterocycles. The van der Waals surface area contributed by atoms with E-state index < -0.39 is 17.8 Å². The van der Waals surface area contributed by atoms with Crippen LogP contribution in [0.2, 0.25) is 0 Å². The number of halogens is 3. The van der Waals surface area contributed by atoms with Gasteiger partial charge in [-0.15, -0.1) is 0 Å². The van der Waals surface area contributed by atoms with Crippen LogP contribution in [0.15, 0.2) is 24.3 Å². The molecule has 0 saturated carbocycles. The fourth-order valence-electron chi connectivity index (χ4n) is 1.15. The van der Waals surface area contributed by atoms with E-state index in [1.807, 2.05) is 22.6 Å². The number of carboxylic acids is 1. The number of carboxylic acid groups (broad SMARTS) is 1. The van der Waals surface area contributed by atoms with Gasteiger partial charge in [0.1, 0.15) is 0 Å². The van der Waals surface area contributed by atoms with Crippen LogP contribution >= 0.6 is 22.6 Å². The predicted molar refractivity (Wildman–Crippen MR) is 60.2 cm³/mol. The van der Waals surface area contributed by atoms with Crippen LogP contribution in [-0.2, 0) is 10.2 Å². The molecule has 0 aliphatic heterocycles. The number of carbonyl (C=O) groups is 1. The summed E-state index contributed by atoms with van der Waals surface area (Å²) >= 11 is 1.95. The lowest BCUT2D eigenvalue weighted by Crippen LogP contribution is -2.39. The van der Waals surface area contributed by atoms with Crippen molar-refractivity contribution in [3.8, 4) is 0 Å². The second-order valence-electron chi connectivity index (χ2n) is 3.32. The highest BCUT2D eigenvalue weighted by Crippen LogP contribution is 2.31. The molecule has 2 nitrogen and oxygen atoms in total. The van der Waals surface area contributed by atoms with Crippen LogP contribution in [0.5, 0.6) is 0 Å². The van der Waals surface area contributed by atoms with E-state index in [0.717, 1.165) is 10.5 Å². The monoisotopic (exact) mass is 326 g/mol. The van der Waals surface area contributed by atoms with Gasteiger partial charge >= 0.3 is 5.97 Å². The third kappa shape index (κ3) is 2.27. The standard InChI is InChI=1S/C10H9F2IO2/c1-10(8(11)12,9(14)15)6-3-2-4-7(13)5-6/h2-5,8H,1H3,(H,14,15). The maximum absolute atomic E-state index is 12.8. The minimum Gasteiger partial charge on any atom is -0.480 e. The van der Waals surface area contributed by atoms with Gasteiger partial charge in [0.2, 0.25) is 0 Å². The maximum Gasteiger partial charge on any atom is 0.319 e. The first-order valence-corrected chi connectivity index (χ1v) is 5.24. The Bertz CT molecular complexity index is 381. The summed E-state index contributed by atoms with van der Waals surface area (Å²) in [4.78, 5) is 10.9. The fourth-order valence-corrected chi connectivity index (χ4v) is 1.70. The van der Waals surface area contributed by atoms with Crippen molar-refractivity contribution in [3.05, 3.63) is 33.4 Å². The molecule has 0 bridgehead atoms. The fraction of sp³-hybridized carbons (Fsp3) is 0.300. The van der Waals surface area contributed by atoms with E-state index in [0.29, 0.717) is 0 Å². The van der Waals surface area contributed by atoms with Crippen molar-refractivity contribution < 1.29 is 18.7 Å². The molecule has 0 radical (unpaired) electrons. The zero-order chi connectivity index (χ0) is 11.6. The Morgan fingerprint density at radius 1 is 1.53 bits per heavy atom. The van der Waals surface area contributed by atoms with Crippen molar-refractivity contribution in [2.24, 2.45) is 0 Å². The van der Waals surface area contributed by atoms with Crippen molar-refractivity contribution >= 4 is 28.6 Å². The minimum absolute atomic E-state index is 0.122. The van der Waals surface area contributed by atoms with Gasteiger partial charge in [-0.2, -0.15) is 0 Å². The molecule has 82 valence electrons. The Kier molecular flexibility index (Phi) is 3.64. The Hall–Kier alpha value is -0.720. The van der Waals surface area contributed by atoms with Gasteiger partial charge in [0.15, 0.2) is 5.41 Å². The summed E-state index contributed by atoms with van der Waals surface area (Å²) in [5.41, 5.74) is -2.02. The summed E-state index contributed by atoms with van der Waals surface area (Å²) in [5, 5.41) is 8.86. The first-order valence-electron chi connectivity index (χ1n) is 4.16. The van der Waals surface area contributed by atoms with Gasteiger partial charge in [0.05, 0.1) is 0 Å². The molecule has 1 N–H and O–H groups in total. The zero-order valence-corrected chi connectivity index (χ0v) is 10.0. The normalized spacial score (nSPS) is 15.0. The van der Waals surface area contributed by atoms with Crippen molar-refractivity contribution in [3.63, 3.8) is 0 Å². The smallest absolute Gasteiger partial charge is 0.319 e. The number of alkyl halides is 2. The van der Waals surface area contributed by atoms with Gasteiger partial charge in [-0.25, -0.2) is 8.78 Å². The van der Waals surface area contributed by atoms with E-state index >= 15 is 0 Å². The topological polar surface area (TPSA) is 37.3 Å². The van der Waals surface area contributed by atoms with E-state index in [9.17, 15) is 13.6 Å². The zero-order valence-electron chi connectivity index (χ0n) is 7.88. The lowest BCUT2D eigenvalue weighted by molar-refractivity contribution is -0.149. The lowest BCUT2D eigenvalue weighted by atomic mass is 9.83. The molecule has 0 fully saturated rings. The van der Waals surface area contributed by atoms with Gasteiger partial charge in [0, 0.05) is 3.57 Å². The second-order valence-corrected chi connectivity index (χ2v) is 4.56. The highest BCUT2D eigenvalue weighted by atomic mass is 127. The average molecular weight is 326 g/mol. The number of rotatable bonds is 3. The molecule has 1 aromatic carbocycles. The van der Waals surface area contributed by atoms with Gasteiger partial charge in [-0.05, 0) is 47.2 Å². The van der Waals surface area contributed by atoms with Crippen molar-refractivity contribution in [2.45, 2.75) is 18.8 Å². The summed E-state index contributed by atoms with van der Waals surface area (Å²) in [6.45, 7) is 1.03. The molecule has 0 spiro atoms. The Morgan fingerprint density at radius 3 is 2.53 bits per heavy atom. The van der Waals surface area contributed by atoms with Crippen LogP contribution < -0.4 is 0 Å². The second kappa shape index (κ2) is 4.42. The van der Waals surface area contributed by atoms with Crippen LogP contribution in [-0.4, -0.2) is 17.5 Å². The molecule has 15 heavy (non-hydrogen) atoms. The van der Waals surface area contributed by atoms with E-state index in [1.54, 1.807) is 12.1 Å². The summed E-state index contributed by atoms with van der Waals surface area (Å²) in [5.74, 6) is -1.51. The van der Waals surface area contributed by atoms with Gasteiger partial charge < -0.3 is 5.11 Å². The first-order chi connectivity index (χ1) is 6.89. The maximum atomic E-state index is 12.8. The summed E-state index contributed by atoms with van der Waals surface area (Å²) < 4.78 is 26.3. The quantitative estimate of drug-likeness (QED) is 0.868. The van der Waals surface area contributed by atoms with E-state index in [1.165, 1.54) is 12.1 Å². The number of hydrogen-bond donors (Lipinski definition) is 1. The SMILES string of the molecule is CC(C(=O)O)(c1cccc(I)c1)C(F)F. The predicted octanol–water partition coefficient (Wildman–Crippen LogP) is 2.90. The van der Waals surface area contributed by atoms with E-state index in [2.05, 4.69) is 0 Å². The minimum atomic E-state index is -2.94. The Balaban J connectivity index is 3.28. The molecule has 0 aliphatic carbocycles. The Morgan fingerprint density at radius 2 is 2.13 bits per heavy atom. The molecule has 0 aliphatic rings. The third-order valence-corrected chi connectivity index (χ3v) is 2.98. The van der Waals surface area contributed by atoms with Crippen molar-refractivity contribution in [1.29, 1.82) is 0 Å². The number of hydrogen-bond acceptors (Lipinski definition) is 1. The summed E-state index contributed by atoms with van der Waals surface area (Å²) in [7, 11) is 0. The first kappa shape index (κ1) is 12.4. The van der Waals surface area contributed by atoms with E-state index in [4.69, 9.17) is 5.11 Å². The molecular formula is C10H9F2IO2. The lowest BCUT2D eigenvalue weighted by Gasteiger charge is -2.24. The van der Waals surface area contributed by atoms with Crippen molar-refractivity contribution in [1.82, 2.24) is 0 Å². The molecule has 0 saturated heterocycles. The third-order valence-electron chi connectivity index (χ3n) is 2.31. The van der Waals surface area contributed by atoms with Crippen LogP contribution in [0.4, 0.5) is 8.78 Å². The Labute approximate surface area is 99.4 Å². The van der Waals surface area contributed by atoms with E-state index in [-0.39, 0.29) is 5.56 Å². The van der Waals surface area contributed by atoms with Crippen LogP contribution in [0.3, 0.4) is 0 Å². The van der Waals surface area contributed by atoms with Gasteiger partial charge in [-0.3, -0.25) is 4.79 Å². The molecule has 1 aromatic rings. The molecule has 1 rings (SSSR count). The average Bonchev–Trinajstić information content (AvgIpc) is 2.15.